The summed E-state index contributed by atoms with van der Waals surface area (Å²) in [5, 5.41) is 14.1. The highest BCUT2D eigenvalue weighted by Gasteiger charge is 2.30. The van der Waals surface area contributed by atoms with Crippen LogP contribution in [0.2, 0.25) is 0 Å². The van der Waals surface area contributed by atoms with E-state index in [9.17, 15) is 18.7 Å². The summed E-state index contributed by atoms with van der Waals surface area (Å²) in [6.07, 6.45) is 3.42. The van der Waals surface area contributed by atoms with Gasteiger partial charge in [-0.1, -0.05) is 18.2 Å². The number of amides is 1. The average molecular weight is 435 g/mol. The lowest BCUT2D eigenvalue weighted by Crippen LogP contribution is -2.25. The summed E-state index contributed by atoms with van der Waals surface area (Å²) in [7, 11) is 0. The van der Waals surface area contributed by atoms with Crippen LogP contribution < -0.4 is 9.80 Å². The number of aromatic nitrogens is 3. The molecule has 2 aromatic carbocycles. The summed E-state index contributed by atoms with van der Waals surface area (Å²) >= 11 is 0. The van der Waals surface area contributed by atoms with Gasteiger partial charge in [-0.25, -0.2) is 28.0 Å². The van der Waals surface area contributed by atoms with Crippen molar-refractivity contribution in [1.82, 2.24) is 14.6 Å². The minimum atomic E-state index is -1.17. The normalized spacial score (nSPS) is 15.9. The van der Waals surface area contributed by atoms with E-state index in [1.54, 1.807) is 42.6 Å². The number of fused-ring (bicyclic) bond motifs is 1. The molecule has 7 nitrogen and oxygen atoms in total. The average Bonchev–Trinajstić information content (AvgIpc) is 3.43. The molecule has 1 aliphatic heterocycles. The lowest BCUT2D eigenvalue weighted by molar-refractivity contribution is 0.205. The van der Waals surface area contributed by atoms with E-state index in [0.29, 0.717) is 35.8 Å². The number of hydrogen-bond donors (Lipinski definition) is 1. The van der Waals surface area contributed by atoms with Gasteiger partial charge < -0.3 is 10.0 Å². The molecule has 1 aliphatic rings. The number of halogens is 2. The van der Waals surface area contributed by atoms with Crippen LogP contribution in [0, 0.1) is 11.6 Å². The van der Waals surface area contributed by atoms with Gasteiger partial charge in [-0.05, 0) is 49.2 Å². The summed E-state index contributed by atoms with van der Waals surface area (Å²) in [6, 6.07) is 13.5. The Morgan fingerprint density at radius 1 is 1.12 bits per heavy atom. The van der Waals surface area contributed by atoms with E-state index < -0.39 is 17.7 Å². The number of anilines is 3. The number of nitrogens with zero attached hydrogens (tertiary/aromatic N) is 5. The van der Waals surface area contributed by atoms with Gasteiger partial charge in [0.2, 0.25) is 0 Å². The predicted octanol–water partition coefficient (Wildman–Crippen LogP) is 5.17. The van der Waals surface area contributed by atoms with Crippen LogP contribution >= 0.6 is 0 Å². The van der Waals surface area contributed by atoms with Gasteiger partial charge in [-0.3, -0.25) is 0 Å². The van der Waals surface area contributed by atoms with E-state index in [2.05, 4.69) is 10.1 Å². The molecule has 5 rings (SSSR count). The van der Waals surface area contributed by atoms with Crippen molar-refractivity contribution in [2.24, 2.45) is 0 Å². The zero-order valence-corrected chi connectivity index (χ0v) is 16.9. The van der Waals surface area contributed by atoms with Gasteiger partial charge in [-0.15, -0.1) is 0 Å². The Bertz CT molecular complexity index is 1290. The van der Waals surface area contributed by atoms with Crippen molar-refractivity contribution in [1.29, 1.82) is 0 Å². The first kappa shape index (κ1) is 19.9. The second-order valence-electron chi connectivity index (χ2n) is 7.55. The molecule has 0 aliphatic carbocycles. The van der Waals surface area contributed by atoms with E-state index >= 15 is 0 Å². The van der Waals surface area contributed by atoms with Gasteiger partial charge in [0.1, 0.15) is 23.1 Å². The highest BCUT2D eigenvalue weighted by molar-refractivity contribution is 5.98. The fraction of sp³-hybridized carbons (Fsp3) is 0.174. The number of hydrogen-bond acceptors (Lipinski definition) is 4. The van der Waals surface area contributed by atoms with Gasteiger partial charge in [0, 0.05) is 18.3 Å². The standard InChI is InChI=1S/C23H19F2N5O2/c24-15-8-9-18(25)17(13-15)19-7-4-11-28(19)21-10-12-29-22(27-21)20(14-26-29)30(23(31)32)16-5-2-1-3-6-16/h1-3,5-6,8-10,12-14,19H,4,7,11H2,(H,31,32). The lowest BCUT2D eigenvalue weighted by atomic mass is 10.0. The molecule has 32 heavy (non-hydrogen) atoms. The molecule has 1 amide bonds. The number of carboxylic acid groups (broad SMARTS) is 1. The van der Waals surface area contributed by atoms with E-state index in [1.807, 2.05) is 4.90 Å². The Morgan fingerprint density at radius 2 is 1.94 bits per heavy atom. The zero-order chi connectivity index (χ0) is 22.2. The summed E-state index contributed by atoms with van der Waals surface area (Å²) in [5.74, 6) is -0.408. The number of rotatable bonds is 4. The van der Waals surface area contributed by atoms with Crippen LogP contribution in [0.3, 0.4) is 0 Å². The monoisotopic (exact) mass is 435 g/mol. The molecule has 0 radical (unpaired) electrons. The van der Waals surface area contributed by atoms with Crippen molar-refractivity contribution in [3.8, 4) is 0 Å². The topological polar surface area (TPSA) is 74.0 Å². The third kappa shape index (κ3) is 3.41. The van der Waals surface area contributed by atoms with Crippen LogP contribution in [0.5, 0.6) is 0 Å². The first-order chi connectivity index (χ1) is 15.5. The molecule has 9 heteroatoms. The van der Waals surface area contributed by atoms with Gasteiger partial charge in [-0.2, -0.15) is 5.10 Å². The fourth-order valence-electron chi connectivity index (χ4n) is 4.23. The molecular weight excluding hydrogens is 416 g/mol. The molecule has 2 aromatic heterocycles. The molecule has 0 bridgehead atoms. The van der Waals surface area contributed by atoms with Crippen molar-refractivity contribution in [2.45, 2.75) is 18.9 Å². The van der Waals surface area contributed by atoms with Crippen LogP contribution in [-0.4, -0.2) is 32.3 Å². The van der Waals surface area contributed by atoms with Crippen molar-refractivity contribution in [3.05, 3.63) is 84.2 Å². The first-order valence-electron chi connectivity index (χ1n) is 10.2. The Morgan fingerprint density at radius 3 is 2.72 bits per heavy atom. The van der Waals surface area contributed by atoms with Crippen molar-refractivity contribution >= 4 is 28.9 Å². The molecule has 4 aromatic rings. The fourth-order valence-corrected chi connectivity index (χ4v) is 4.23. The Labute approximate surface area is 182 Å². The van der Waals surface area contributed by atoms with Crippen LogP contribution in [-0.2, 0) is 0 Å². The maximum Gasteiger partial charge on any atom is 0.416 e. The molecule has 1 saturated heterocycles. The molecule has 3 heterocycles. The molecule has 0 spiro atoms. The van der Waals surface area contributed by atoms with E-state index in [0.717, 1.165) is 23.5 Å². The van der Waals surface area contributed by atoms with E-state index in [4.69, 9.17) is 0 Å². The molecule has 1 fully saturated rings. The summed E-state index contributed by atoms with van der Waals surface area (Å²) < 4.78 is 29.8. The van der Waals surface area contributed by atoms with Gasteiger partial charge in [0.25, 0.3) is 0 Å². The molecule has 1 N–H and O–H groups in total. The lowest BCUT2D eigenvalue weighted by Gasteiger charge is -2.26. The molecule has 1 unspecified atom stereocenters. The second kappa shape index (κ2) is 7.92. The summed E-state index contributed by atoms with van der Waals surface area (Å²) in [5.41, 5.74) is 1.40. The quantitative estimate of drug-likeness (QED) is 0.479. The van der Waals surface area contributed by atoms with Crippen molar-refractivity contribution < 1.29 is 18.7 Å². The predicted molar refractivity (Wildman–Crippen MR) is 115 cm³/mol. The summed E-state index contributed by atoms with van der Waals surface area (Å²) in [6.45, 7) is 0.620. The van der Waals surface area contributed by atoms with Crippen LogP contribution in [0.15, 0.2) is 67.0 Å². The number of carbonyl (C=O) groups is 1. The zero-order valence-electron chi connectivity index (χ0n) is 16.9. The minimum absolute atomic E-state index is 0.286. The largest absolute Gasteiger partial charge is 0.464 e. The van der Waals surface area contributed by atoms with Gasteiger partial charge >= 0.3 is 6.09 Å². The Balaban J connectivity index is 1.58. The van der Waals surface area contributed by atoms with Crippen molar-refractivity contribution in [3.63, 3.8) is 0 Å². The van der Waals surface area contributed by atoms with Crippen LogP contribution in [0.25, 0.3) is 5.65 Å². The third-order valence-corrected chi connectivity index (χ3v) is 5.65. The molecule has 1 atom stereocenters. The Kier molecular flexibility index (Phi) is 4.93. The van der Waals surface area contributed by atoms with E-state index in [-0.39, 0.29) is 11.6 Å². The van der Waals surface area contributed by atoms with Crippen molar-refractivity contribution in [2.75, 3.05) is 16.3 Å². The van der Waals surface area contributed by atoms with Crippen LogP contribution in [0.1, 0.15) is 24.4 Å². The maximum atomic E-state index is 14.5. The smallest absolute Gasteiger partial charge is 0.416 e. The highest BCUT2D eigenvalue weighted by Crippen LogP contribution is 2.37. The SMILES string of the molecule is O=C(O)N(c1ccccc1)c1cnn2ccc(N3CCCC3c3cc(F)ccc3F)nc12. The Hall–Kier alpha value is -4.01. The maximum absolute atomic E-state index is 14.5. The van der Waals surface area contributed by atoms with Gasteiger partial charge in [0.05, 0.1) is 17.9 Å². The highest BCUT2D eigenvalue weighted by atomic mass is 19.1. The van der Waals surface area contributed by atoms with Crippen LogP contribution in [0.4, 0.5) is 30.8 Å². The van der Waals surface area contributed by atoms with E-state index in [1.165, 1.54) is 16.8 Å². The number of benzene rings is 2. The summed E-state index contributed by atoms with van der Waals surface area (Å²) in [4.78, 5) is 19.8. The minimum Gasteiger partial charge on any atom is -0.464 e. The molecule has 162 valence electrons. The molecular formula is C23H19F2N5O2. The number of para-hydroxylation sites is 1. The first-order valence-corrected chi connectivity index (χ1v) is 10.2. The second-order valence-corrected chi connectivity index (χ2v) is 7.55. The molecule has 0 saturated carbocycles. The third-order valence-electron chi connectivity index (χ3n) is 5.65. The van der Waals surface area contributed by atoms with Gasteiger partial charge in [0.15, 0.2) is 5.65 Å².